The normalized spacial score (nSPS) is 10.4. The SMILES string of the molecule is CN(Cc1ccccc1Br)C(=O)c1ccc(Cl)c(Br)c1. The molecule has 0 atom stereocenters. The van der Waals surface area contributed by atoms with Gasteiger partial charge in [-0.05, 0) is 45.8 Å². The van der Waals surface area contributed by atoms with Gasteiger partial charge in [-0.2, -0.15) is 0 Å². The van der Waals surface area contributed by atoms with Crippen molar-refractivity contribution in [2.75, 3.05) is 7.05 Å². The van der Waals surface area contributed by atoms with Crippen LogP contribution >= 0.6 is 43.5 Å². The van der Waals surface area contributed by atoms with Crippen LogP contribution in [0.2, 0.25) is 5.02 Å². The fourth-order valence-electron chi connectivity index (χ4n) is 1.80. The van der Waals surface area contributed by atoms with E-state index in [-0.39, 0.29) is 5.91 Å². The van der Waals surface area contributed by atoms with E-state index in [1.54, 1.807) is 30.1 Å². The van der Waals surface area contributed by atoms with Crippen molar-refractivity contribution in [1.29, 1.82) is 0 Å². The van der Waals surface area contributed by atoms with Gasteiger partial charge >= 0.3 is 0 Å². The first kappa shape index (κ1) is 15.5. The molecule has 0 saturated heterocycles. The van der Waals surface area contributed by atoms with Gasteiger partial charge in [-0.3, -0.25) is 4.79 Å². The Bertz CT molecular complexity index is 646. The second kappa shape index (κ2) is 6.74. The first-order valence-corrected chi connectivity index (χ1v) is 7.89. The molecule has 5 heteroatoms. The van der Waals surface area contributed by atoms with Crippen LogP contribution in [0.1, 0.15) is 15.9 Å². The highest BCUT2D eigenvalue weighted by molar-refractivity contribution is 9.10. The lowest BCUT2D eigenvalue weighted by Crippen LogP contribution is -2.26. The smallest absolute Gasteiger partial charge is 0.253 e. The van der Waals surface area contributed by atoms with Crippen LogP contribution in [0.15, 0.2) is 51.4 Å². The largest absolute Gasteiger partial charge is 0.337 e. The maximum Gasteiger partial charge on any atom is 0.253 e. The number of carbonyl (C=O) groups is 1. The standard InChI is InChI=1S/C15H12Br2ClNO/c1-19(9-11-4-2-3-5-12(11)16)15(20)10-6-7-14(18)13(17)8-10/h2-8H,9H2,1H3. The van der Waals surface area contributed by atoms with Crippen LogP contribution in [0.4, 0.5) is 0 Å². The van der Waals surface area contributed by atoms with Crippen molar-refractivity contribution in [1.82, 2.24) is 4.90 Å². The third-order valence-electron chi connectivity index (χ3n) is 2.88. The molecular weight excluding hydrogens is 405 g/mol. The van der Waals surface area contributed by atoms with E-state index in [9.17, 15) is 4.79 Å². The van der Waals surface area contributed by atoms with Crippen LogP contribution in [0.3, 0.4) is 0 Å². The van der Waals surface area contributed by atoms with Gasteiger partial charge in [0.1, 0.15) is 0 Å². The Kier molecular flexibility index (Phi) is 5.24. The summed E-state index contributed by atoms with van der Waals surface area (Å²) in [5, 5.41) is 0.593. The lowest BCUT2D eigenvalue weighted by Gasteiger charge is -2.18. The highest BCUT2D eigenvalue weighted by Gasteiger charge is 2.14. The summed E-state index contributed by atoms with van der Waals surface area (Å²) < 4.78 is 1.72. The maximum absolute atomic E-state index is 12.4. The molecule has 0 aliphatic heterocycles. The highest BCUT2D eigenvalue weighted by atomic mass is 79.9. The van der Waals surface area contributed by atoms with E-state index < -0.39 is 0 Å². The van der Waals surface area contributed by atoms with Crippen molar-refractivity contribution in [3.05, 3.63) is 67.6 Å². The molecule has 0 radical (unpaired) electrons. The van der Waals surface area contributed by atoms with Crippen LogP contribution in [-0.4, -0.2) is 17.9 Å². The second-order valence-corrected chi connectivity index (χ2v) is 6.50. The Morgan fingerprint density at radius 2 is 1.85 bits per heavy atom. The average Bonchev–Trinajstić information content (AvgIpc) is 2.43. The molecule has 1 amide bonds. The van der Waals surface area contributed by atoms with Crippen LogP contribution in [0.5, 0.6) is 0 Å². The van der Waals surface area contributed by atoms with Crippen molar-refractivity contribution in [3.8, 4) is 0 Å². The maximum atomic E-state index is 12.4. The molecule has 20 heavy (non-hydrogen) atoms. The Hall–Kier alpha value is -0.840. The third kappa shape index (κ3) is 3.62. The molecule has 0 aromatic heterocycles. The van der Waals surface area contributed by atoms with Gasteiger partial charge in [-0.1, -0.05) is 45.7 Å². The second-order valence-electron chi connectivity index (χ2n) is 4.38. The van der Waals surface area contributed by atoms with Gasteiger partial charge in [-0.25, -0.2) is 0 Å². The summed E-state index contributed by atoms with van der Waals surface area (Å²) in [6.45, 7) is 0.542. The number of carbonyl (C=O) groups excluding carboxylic acids is 1. The number of rotatable bonds is 3. The summed E-state index contributed by atoms with van der Waals surface area (Å²) in [6.07, 6.45) is 0. The van der Waals surface area contributed by atoms with Gasteiger partial charge < -0.3 is 4.90 Å². The Labute approximate surface area is 140 Å². The quantitative estimate of drug-likeness (QED) is 0.677. The topological polar surface area (TPSA) is 20.3 Å². The predicted molar refractivity (Wildman–Crippen MR) is 89.1 cm³/mol. The molecule has 0 unspecified atom stereocenters. The van der Waals surface area contributed by atoms with Gasteiger partial charge in [0.05, 0.1) is 5.02 Å². The van der Waals surface area contributed by atoms with E-state index in [2.05, 4.69) is 31.9 Å². The summed E-state index contributed by atoms with van der Waals surface area (Å²) in [4.78, 5) is 14.0. The molecule has 0 heterocycles. The number of benzene rings is 2. The molecule has 0 aliphatic carbocycles. The van der Waals surface area contributed by atoms with Crippen molar-refractivity contribution >= 4 is 49.4 Å². The van der Waals surface area contributed by atoms with Crippen molar-refractivity contribution < 1.29 is 4.79 Å². The van der Waals surface area contributed by atoms with E-state index in [0.717, 1.165) is 14.5 Å². The molecule has 2 rings (SSSR count). The zero-order valence-corrected chi connectivity index (χ0v) is 14.7. The molecule has 0 N–H and O–H groups in total. The summed E-state index contributed by atoms with van der Waals surface area (Å²) in [7, 11) is 1.78. The molecule has 104 valence electrons. The average molecular weight is 418 g/mol. The van der Waals surface area contributed by atoms with Gasteiger partial charge in [0.25, 0.3) is 5.91 Å². The summed E-state index contributed by atoms with van der Waals surface area (Å²) in [5.41, 5.74) is 1.67. The third-order valence-corrected chi connectivity index (χ3v) is 4.87. The molecule has 0 spiro atoms. The zero-order chi connectivity index (χ0) is 14.7. The van der Waals surface area contributed by atoms with E-state index >= 15 is 0 Å². The van der Waals surface area contributed by atoms with Crippen LogP contribution in [-0.2, 0) is 6.54 Å². The van der Waals surface area contributed by atoms with E-state index in [4.69, 9.17) is 11.6 Å². The lowest BCUT2D eigenvalue weighted by atomic mass is 10.1. The minimum absolute atomic E-state index is 0.0434. The van der Waals surface area contributed by atoms with Crippen LogP contribution in [0.25, 0.3) is 0 Å². The van der Waals surface area contributed by atoms with Gasteiger partial charge in [0, 0.05) is 28.1 Å². The number of amides is 1. The van der Waals surface area contributed by atoms with E-state index in [1.165, 1.54) is 0 Å². The first-order valence-electron chi connectivity index (χ1n) is 5.93. The lowest BCUT2D eigenvalue weighted by molar-refractivity contribution is 0.0785. The minimum Gasteiger partial charge on any atom is -0.337 e. The summed E-state index contributed by atoms with van der Waals surface area (Å²) in [5.74, 6) is -0.0434. The van der Waals surface area contributed by atoms with Gasteiger partial charge in [0.2, 0.25) is 0 Å². The Morgan fingerprint density at radius 3 is 2.50 bits per heavy atom. The minimum atomic E-state index is -0.0434. The molecular formula is C15H12Br2ClNO. The monoisotopic (exact) mass is 415 g/mol. The van der Waals surface area contributed by atoms with Crippen LogP contribution < -0.4 is 0 Å². The van der Waals surface area contributed by atoms with Crippen molar-refractivity contribution in [3.63, 3.8) is 0 Å². The fourth-order valence-corrected chi connectivity index (χ4v) is 2.71. The zero-order valence-electron chi connectivity index (χ0n) is 10.7. The Morgan fingerprint density at radius 1 is 1.15 bits per heavy atom. The molecule has 2 aromatic carbocycles. The van der Waals surface area contributed by atoms with Gasteiger partial charge in [-0.15, -0.1) is 0 Å². The summed E-state index contributed by atoms with van der Waals surface area (Å²) in [6, 6.07) is 13.0. The molecule has 0 saturated carbocycles. The van der Waals surface area contributed by atoms with Crippen molar-refractivity contribution in [2.45, 2.75) is 6.54 Å². The van der Waals surface area contributed by atoms with Crippen LogP contribution in [0, 0.1) is 0 Å². The number of nitrogens with zero attached hydrogens (tertiary/aromatic N) is 1. The number of halogens is 3. The molecule has 0 aliphatic rings. The molecule has 2 aromatic rings. The predicted octanol–water partition coefficient (Wildman–Crippen LogP) is 5.14. The molecule has 0 bridgehead atoms. The molecule has 2 nitrogen and oxygen atoms in total. The number of hydrogen-bond acceptors (Lipinski definition) is 1. The fraction of sp³-hybridized carbons (Fsp3) is 0.133. The number of hydrogen-bond donors (Lipinski definition) is 0. The summed E-state index contributed by atoms with van der Waals surface area (Å²) >= 11 is 12.8. The van der Waals surface area contributed by atoms with E-state index in [0.29, 0.717) is 17.1 Å². The molecule has 0 fully saturated rings. The van der Waals surface area contributed by atoms with Crippen molar-refractivity contribution in [2.24, 2.45) is 0 Å². The van der Waals surface area contributed by atoms with Gasteiger partial charge in [0.15, 0.2) is 0 Å². The first-order chi connectivity index (χ1) is 9.49. The highest BCUT2D eigenvalue weighted by Crippen LogP contribution is 2.24. The van der Waals surface area contributed by atoms with E-state index in [1.807, 2.05) is 24.3 Å². The Balaban J connectivity index is 2.16.